The number of hydrogen-bond acceptors (Lipinski definition) is 4. The third-order valence-electron chi connectivity index (χ3n) is 2.59. The maximum atomic E-state index is 8.78. The molecule has 0 unspecified atom stereocenters. The molecule has 3 nitrogen and oxygen atoms in total. The number of aryl methyl sites for hydroxylation is 1. The standard InChI is InChI=1S/C13H13N3S/c1-9-4-5-17-13(9)8-16-11-3-2-10(7-14)12(15)6-11/h2-6,16H,8,15H2,1H3. The molecule has 1 heterocycles. The van der Waals surface area contributed by atoms with E-state index >= 15 is 0 Å². The number of nitrogens with one attached hydrogen (secondary N) is 1. The molecule has 17 heavy (non-hydrogen) atoms. The van der Waals surface area contributed by atoms with Crippen molar-refractivity contribution in [2.45, 2.75) is 13.5 Å². The lowest BCUT2D eigenvalue weighted by Crippen LogP contribution is -2.00. The second kappa shape index (κ2) is 4.89. The smallest absolute Gasteiger partial charge is 0.101 e. The van der Waals surface area contributed by atoms with Crippen LogP contribution in [0.25, 0.3) is 0 Å². The predicted octanol–water partition coefficient (Wildman–Crippen LogP) is 3.12. The van der Waals surface area contributed by atoms with Crippen molar-refractivity contribution in [3.8, 4) is 6.07 Å². The second-order valence-corrected chi connectivity index (χ2v) is 4.79. The third kappa shape index (κ3) is 2.58. The van der Waals surface area contributed by atoms with Crippen molar-refractivity contribution >= 4 is 22.7 Å². The molecule has 0 fully saturated rings. The molecule has 0 saturated heterocycles. The van der Waals surface area contributed by atoms with Gasteiger partial charge in [0, 0.05) is 17.1 Å². The molecule has 0 atom stereocenters. The van der Waals surface area contributed by atoms with E-state index in [-0.39, 0.29) is 0 Å². The van der Waals surface area contributed by atoms with Gasteiger partial charge in [-0.2, -0.15) is 5.26 Å². The molecule has 2 rings (SSSR count). The van der Waals surface area contributed by atoms with Gasteiger partial charge < -0.3 is 11.1 Å². The molecule has 0 aliphatic heterocycles. The molecule has 3 N–H and O–H groups in total. The number of nitriles is 1. The number of rotatable bonds is 3. The maximum Gasteiger partial charge on any atom is 0.101 e. The zero-order valence-electron chi connectivity index (χ0n) is 9.53. The van der Waals surface area contributed by atoms with Crippen molar-refractivity contribution in [1.29, 1.82) is 5.26 Å². The van der Waals surface area contributed by atoms with Crippen LogP contribution in [0.15, 0.2) is 29.6 Å². The van der Waals surface area contributed by atoms with Crippen molar-refractivity contribution < 1.29 is 0 Å². The second-order valence-electron chi connectivity index (χ2n) is 3.79. The molecule has 0 aliphatic carbocycles. The Morgan fingerprint density at radius 2 is 2.24 bits per heavy atom. The number of thiophene rings is 1. The van der Waals surface area contributed by atoms with Crippen LogP contribution in [0.5, 0.6) is 0 Å². The van der Waals surface area contributed by atoms with Gasteiger partial charge in [0.2, 0.25) is 0 Å². The predicted molar refractivity (Wildman–Crippen MR) is 72.0 cm³/mol. The van der Waals surface area contributed by atoms with Crippen LogP contribution in [0.2, 0.25) is 0 Å². The summed E-state index contributed by atoms with van der Waals surface area (Å²) in [6, 6.07) is 9.56. The van der Waals surface area contributed by atoms with Gasteiger partial charge in [-0.25, -0.2) is 0 Å². The van der Waals surface area contributed by atoms with Crippen molar-refractivity contribution in [2.24, 2.45) is 0 Å². The van der Waals surface area contributed by atoms with Crippen molar-refractivity contribution in [3.63, 3.8) is 0 Å². The molecule has 0 saturated carbocycles. The third-order valence-corrected chi connectivity index (χ3v) is 3.62. The van der Waals surface area contributed by atoms with Crippen LogP contribution in [0.1, 0.15) is 16.0 Å². The van der Waals surface area contributed by atoms with Gasteiger partial charge in [0.05, 0.1) is 11.3 Å². The molecule has 1 aromatic heterocycles. The fourth-order valence-corrected chi connectivity index (χ4v) is 2.39. The SMILES string of the molecule is Cc1ccsc1CNc1ccc(C#N)c(N)c1. The lowest BCUT2D eigenvalue weighted by Gasteiger charge is -2.07. The molecule has 4 heteroatoms. The Hall–Kier alpha value is -1.99. The van der Waals surface area contributed by atoms with E-state index in [1.807, 2.05) is 6.07 Å². The van der Waals surface area contributed by atoms with Crippen LogP contribution in [0.4, 0.5) is 11.4 Å². The number of nitrogens with zero attached hydrogens (tertiary/aromatic N) is 1. The van der Waals surface area contributed by atoms with Crippen molar-refractivity contribution in [1.82, 2.24) is 0 Å². The maximum absolute atomic E-state index is 8.78. The van der Waals surface area contributed by atoms with Gasteiger partial charge in [0.25, 0.3) is 0 Å². The number of nitrogens with two attached hydrogens (primary N) is 1. The first-order valence-electron chi connectivity index (χ1n) is 5.27. The largest absolute Gasteiger partial charge is 0.398 e. The number of benzene rings is 1. The van der Waals surface area contributed by atoms with Crippen LogP contribution >= 0.6 is 11.3 Å². The van der Waals surface area contributed by atoms with Gasteiger partial charge in [-0.1, -0.05) is 0 Å². The van der Waals surface area contributed by atoms with E-state index in [2.05, 4.69) is 29.8 Å². The summed E-state index contributed by atoms with van der Waals surface area (Å²) in [5.41, 5.74) is 9.02. The van der Waals surface area contributed by atoms with E-state index in [0.717, 1.165) is 12.2 Å². The number of nitrogen functional groups attached to an aromatic ring is 1. The molecular weight excluding hydrogens is 230 g/mol. The molecular formula is C13H13N3S. The Kier molecular flexibility index (Phi) is 3.31. The summed E-state index contributed by atoms with van der Waals surface area (Å²) >= 11 is 1.73. The van der Waals surface area contributed by atoms with Crippen LogP contribution in [0, 0.1) is 18.3 Å². The lowest BCUT2D eigenvalue weighted by atomic mass is 10.2. The summed E-state index contributed by atoms with van der Waals surface area (Å²) in [5.74, 6) is 0. The topological polar surface area (TPSA) is 61.8 Å². The van der Waals surface area contributed by atoms with Crippen molar-refractivity contribution in [2.75, 3.05) is 11.1 Å². The average molecular weight is 243 g/mol. The molecule has 86 valence electrons. The Labute approximate surface area is 105 Å². The molecule has 2 aromatic rings. The summed E-state index contributed by atoms with van der Waals surface area (Å²) in [5, 5.41) is 14.2. The van der Waals surface area contributed by atoms with Crippen molar-refractivity contribution in [3.05, 3.63) is 45.6 Å². The Morgan fingerprint density at radius 1 is 1.41 bits per heavy atom. The van der Waals surface area contributed by atoms with E-state index in [9.17, 15) is 0 Å². The quantitative estimate of drug-likeness (QED) is 0.814. The highest BCUT2D eigenvalue weighted by Crippen LogP contribution is 2.20. The highest BCUT2D eigenvalue weighted by Gasteiger charge is 2.02. The molecule has 0 spiro atoms. The summed E-state index contributed by atoms with van der Waals surface area (Å²) < 4.78 is 0. The van der Waals surface area contributed by atoms with Crippen LogP contribution in [0.3, 0.4) is 0 Å². The molecule has 0 amide bonds. The number of hydrogen-bond donors (Lipinski definition) is 2. The zero-order valence-corrected chi connectivity index (χ0v) is 10.3. The lowest BCUT2D eigenvalue weighted by molar-refractivity contribution is 1.17. The number of anilines is 2. The normalized spacial score (nSPS) is 9.88. The fraction of sp³-hybridized carbons (Fsp3) is 0.154. The monoisotopic (exact) mass is 243 g/mol. The molecule has 1 aromatic carbocycles. The minimum atomic E-state index is 0.514. The highest BCUT2D eigenvalue weighted by molar-refractivity contribution is 7.10. The van der Waals surface area contributed by atoms with Crippen LogP contribution in [-0.2, 0) is 6.54 Å². The minimum absolute atomic E-state index is 0.514. The summed E-state index contributed by atoms with van der Waals surface area (Å²) in [6.07, 6.45) is 0. The van der Waals surface area contributed by atoms with E-state index in [1.165, 1.54) is 10.4 Å². The fourth-order valence-electron chi connectivity index (χ4n) is 1.54. The summed E-state index contributed by atoms with van der Waals surface area (Å²) in [7, 11) is 0. The molecule has 0 aliphatic rings. The Bertz CT molecular complexity index is 566. The van der Waals surface area contributed by atoms with E-state index < -0.39 is 0 Å². The highest BCUT2D eigenvalue weighted by atomic mass is 32.1. The Balaban J connectivity index is 2.08. The van der Waals surface area contributed by atoms with Gasteiger partial charge >= 0.3 is 0 Å². The van der Waals surface area contributed by atoms with Crippen LogP contribution < -0.4 is 11.1 Å². The first kappa shape index (κ1) is 11.5. The Morgan fingerprint density at radius 3 is 2.82 bits per heavy atom. The first-order chi connectivity index (χ1) is 8.20. The van der Waals surface area contributed by atoms with E-state index in [4.69, 9.17) is 11.0 Å². The molecule has 0 radical (unpaired) electrons. The van der Waals surface area contributed by atoms with Gasteiger partial charge in [0.15, 0.2) is 0 Å². The summed E-state index contributed by atoms with van der Waals surface area (Å²) in [4.78, 5) is 1.31. The van der Waals surface area contributed by atoms with Gasteiger partial charge in [0.1, 0.15) is 6.07 Å². The zero-order chi connectivity index (χ0) is 12.3. The van der Waals surface area contributed by atoms with Gasteiger partial charge in [-0.15, -0.1) is 11.3 Å². The minimum Gasteiger partial charge on any atom is -0.398 e. The van der Waals surface area contributed by atoms with Gasteiger partial charge in [-0.3, -0.25) is 0 Å². The van der Waals surface area contributed by atoms with E-state index in [0.29, 0.717) is 11.3 Å². The van der Waals surface area contributed by atoms with E-state index in [1.54, 1.807) is 23.5 Å². The first-order valence-corrected chi connectivity index (χ1v) is 6.15. The molecule has 0 bridgehead atoms. The van der Waals surface area contributed by atoms with Crippen LogP contribution in [-0.4, -0.2) is 0 Å². The van der Waals surface area contributed by atoms with Gasteiger partial charge in [-0.05, 0) is 42.1 Å². The summed E-state index contributed by atoms with van der Waals surface area (Å²) in [6.45, 7) is 2.88. The average Bonchev–Trinajstić information content (AvgIpc) is 2.72.